The van der Waals surface area contributed by atoms with Gasteiger partial charge in [0.1, 0.15) is 0 Å². The third-order valence-electron chi connectivity index (χ3n) is 0.945. The van der Waals surface area contributed by atoms with Gasteiger partial charge < -0.3 is 15.4 Å². The smallest absolute Gasteiger partial charge is 0.0593 e. The van der Waals surface area contributed by atoms with E-state index in [0.29, 0.717) is 13.2 Å². The van der Waals surface area contributed by atoms with Crippen LogP contribution in [0, 0.1) is 0 Å². The van der Waals surface area contributed by atoms with Crippen molar-refractivity contribution >= 4 is 12.4 Å². The van der Waals surface area contributed by atoms with Crippen molar-refractivity contribution in [3.8, 4) is 0 Å². The standard InChI is InChI=1S/C6H16N2O.ClH/c1-8(2)4-6-9-5-3-7;/h3-7H2,1-2H3;1H. The Balaban J connectivity index is 0. The molecule has 2 N–H and O–H groups in total. The summed E-state index contributed by atoms with van der Waals surface area (Å²) in [6, 6.07) is 0. The van der Waals surface area contributed by atoms with Gasteiger partial charge in [-0.3, -0.25) is 0 Å². The van der Waals surface area contributed by atoms with E-state index in [-0.39, 0.29) is 12.4 Å². The van der Waals surface area contributed by atoms with E-state index < -0.39 is 0 Å². The molecule has 0 saturated carbocycles. The molecule has 0 atom stereocenters. The van der Waals surface area contributed by atoms with Gasteiger partial charge in [-0.2, -0.15) is 0 Å². The quantitative estimate of drug-likeness (QED) is 0.585. The Hall–Kier alpha value is 0.170. The van der Waals surface area contributed by atoms with Gasteiger partial charge >= 0.3 is 0 Å². The molecular formula is C6H17ClN2O. The Bertz CT molecular complexity index is 61.7. The zero-order valence-corrected chi connectivity index (χ0v) is 7.49. The minimum Gasteiger partial charge on any atom is -0.379 e. The van der Waals surface area contributed by atoms with Crippen LogP contribution in [0.25, 0.3) is 0 Å². The largest absolute Gasteiger partial charge is 0.379 e. The van der Waals surface area contributed by atoms with Crippen molar-refractivity contribution < 1.29 is 4.74 Å². The molecule has 0 fully saturated rings. The molecule has 0 aromatic carbocycles. The predicted octanol–water partition coefficient (Wildman–Crippen LogP) is -0.0549. The van der Waals surface area contributed by atoms with Gasteiger partial charge in [-0.25, -0.2) is 0 Å². The van der Waals surface area contributed by atoms with Crippen molar-refractivity contribution in [3.63, 3.8) is 0 Å². The van der Waals surface area contributed by atoms with Crippen LogP contribution in [0.4, 0.5) is 0 Å². The van der Waals surface area contributed by atoms with Crippen molar-refractivity contribution in [1.82, 2.24) is 4.90 Å². The number of ether oxygens (including phenoxy) is 1. The molecule has 0 aliphatic heterocycles. The summed E-state index contributed by atoms with van der Waals surface area (Å²) < 4.78 is 5.13. The number of likely N-dealkylation sites (N-methyl/N-ethyl adjacent to an activating group) is 1. The third-order valence-corrected chi connectivity index (χ3v) is 0.945. The maximum atomic E-state index is 5.21. The third kappa shape index (κ3) is 11.0. The molecule has 0 aliphatic rings. The summed E-state index contributed by atoms with van der Waals surface area (Å²) >= 11 is 0. The molecule has 0 saturated heterocycles. The summed E-state index contributed by atoms with van der Waals surface area (Å²) in [6.45, 7) is 3.05. The first-order valence-electron chi connectivity index (χ1n) is 3.20. The van der Waals surface area contributed by atoms with Gasteiger partial charge in [0.05, 0.1) is 13.2 Å². The minimum absolute atomic E-state index is 0. The van der Waals surface area contributed by atoms with E-state index in [1.807, 2.05) is 14.1 Å². The van der Waals surface area contributed by atoms with E-state index in [1.54, 1.807) is 0 Å². The van der Waals surface area contributed by atoms with Gasteiger partial charge in [-0.05, 0) is 14.1 Å². The van der Waals surface area contributed by atoms with Gasteiger partial charge in [0, 0.05) is 13.1 Å². The molecule has 0 unspecified atom stereocenters. The molecular weight excluding hydrogens is 152 g/mol. The van der Waals surface area contributed by atoms with Crippen molar-refractivity contribution in [1.29, 1.82) is 0 Å². The highest BCUT2D eigenvalue weighted by molar-refractivity contribution is 5.85. The number of hydrogen-bond acceptors (Lipinski definition) is 3. The zero-order valence-electron chi connectivity index (χ0n) is 6.67. The Labute approximate surface area is 68.9 Å². The van der Waals surface area contributed by atoms with Crippen LogP contribution in [0.2, 0.25) is 0 Å². The number of hydrogen-bond donors (Lipinski definition) is 1. The van der Waals surface area contributed by atoms with Crippen LogP contribution in [0.15, 0.2) is 0 Å². The van der Waals surface area contributed by atoms with Gasteiger partial charge in [-0.1, -0.05) is 0 Å². The van der Waals surface area contributed by atoms with Crippen LogP contribution in [0.1, 0.15) is 0 Å². The summed E-state index contributed by atoms with van der Waals surface area (Å²) in [5.74, 6) is 0. The van der Waals surface area contributed by atoms with E-state index in [9.17, 15) is 0 Å². The summed E-state index contributed by atoms with van der Waals surface area (Å²) in [7, 11) is 4.04. The average Bonchev–Trinajstić information content (AvgIpc) is 1.80. The fourth-order valence-corrected chi connectivity index (χ4v) is 0.433. The molecule has 64 valence electrons. The molecule has 0 spiro atoms. The van der Waals surface area contributed by atoms with Gasteiger partial charge in [0.25, 0.3) is 0 Å². The molecule has 10 heavy (non-hydrogen) atoms. The first-order chi connectivity index (χ1) is 4.27. The van der Waals surface area contributed by atoms with Gasteiger partial charge in [0.2, 0.25) is 0 Å². The number of halogens is 1. The molecule has 0 aliphatic carbocycles. The second kappa shape index (κ2) is 9.17. The second-order valence-corrected chi connectivity index (χ2v) is 2.20. The Morgan fingerprint density at radius 1 is 1.30 bits per heavy atom. The van der Waals surface area contributed by atoms with Crippen molar-refractivity contribution in [3.05, 3.63) is 0 Å². The van der Waals surface area contributed by atoms with Crippen LogP contribution in [-0.2, 0) is 4.74 Å². The number of nitrogens with zero attached hydrogens (tertiary/aromatic N) is 1. The van der Waals surface area contributed by atoms with Crippen LogP contribution in [-0.4, -0.2) is 45.3 Å². The maximum Gasteiger partial charge on any atom is 0.0593 e. The Kier molecular flexibility index (Phi) is 11.7. The van der Waals surface area contributed by atoms with Crippen LogP contribution in [0.3, 0.4) is 0 Å². The monoisotopic (exact) mass is 168 g/mol. The molecule has 0 bridgehead atoms. The summed E-state index contributed by atoms with van der Waals surface area (Å²) in [4.78, 5) is 2.08. The summed E-state index contributed by atoms with van der Waals surface area (Å²) in [6.07, 6.45) is 0. The lowest BCUT2D eigenvalue weighted by Crippen LogP contribution is -2.19. The van der Waals surface area contributed by atoms with E-state index in [4.69, 9.17) is 10.5 Å². The molecule has 0 aromatic rings. The number of nitrogens with two attached hydrogens (primary N) is 1. The first-order valence-corrected chi connectivity index (χ1v) is 3.20. The van der Waals surface area contributed by atoms with Crippen LogP contribution < -0.4 is 5.73 Å². The normalized spacial score (nSPS) is 9.60. The summed E-state index contributed by atoms with van der Waals surface area (Å²) in [5, 5.41) is 0. The first kappa shape index (κ1) is 12.8. The lowest BCUT2D eigenvalue weighted by Gasteiger charge is -2.08. The molecule has 0 heterocycles. The van der Waals surface area contributed by atoms with Gasteiger partial charge in [0.15, 0.2) is 0 Å². The fraction of sp³-hybridized carbons (Fsp3) is 1.00. The van der Waals surface area contributed by atoms with E-state index in [1.165, 1.54) is 0 Å². The van der Waals surface area contributed by atoms with Crippen molar-refractivity contribution in [2.75, 3.05) is 40.4 Å². The Morgan fingerprint density at radius 3 is 2.30 bits per heavy atom. The lowest BCUT2D eigenvalue weighted by molar-refractivity contribution is 0.124. The zero-order chi connectivity index (χ0) is 7.11. The van der Waals surface area contributed by atoms with Crippen molar-refractivity contribution in [2.45, 2.75) is 0 Å². The molecule has 0 rings (SSSR count). The molecule has 0 amide bonds. The van der Waals surface area contributed by atoms with E-state index >= 15 is 0 Å². The minimum atomic E-state index is 0. The van der Waals surface area contributed by atoms with Crippen LogP contribution >= 0.6 is 12.4 Å². The molecule has 4 heteroatoms. The van der Waals surface area contributed by atoms with E-state index in [2.05, 4.69) is 4.90 Å². The predicted molar refractivity (Wildman–Crippen MR) is 45.7 cm³/mol. The SMILES string of the molecule is CN(C)CCOCCN.Cl. The maximum absolute atomic E-state index is 5.21. The highest BCUT2D eigenvalue weighted by Crippen LogP contribution is 1.75. The second-order valence-electron chi connectivity index (χ2n) is 2.20. The highest BCUT2D eigenvalue weighted by atomic mass is 35.5. The lowest BCUT2D eigenvalue weighted by atomic mass is 10.6. The van der Waals surface area contributed by atoms with Crippen molar-refractivity contribution in [2.24, 2.45) is 5.73 Å². The average molecular weight is 169 g/mol. The fourth-order valence-electron chi connectivity index (χ4n) is 0.433. The van der Waals surface area contributed by atoms with Gasteiger partial charge in [-0.15, -0.1) is 12.4 Å². The molecule has 3 nitrogen and oxygen atoms in total. The van der Waals surface area contributed by atoms with Crippen LogP contribution in [0.5, 0.6) is 0 Å². The molecule has 0 aromatic heterocycles. The Morgan fingerprint density at radius 2 is 1.90 bits per heavy atom. The van der Waals surface area contributed by atoms with E-state index in [0.717, 1.165) is 13.2 Å². The summed E-state index contributed by atoms with van der Waals surface area (Å²) in [5.41, 5.74) is 5.21. The number of rotatable bonds is 5. The molecule has 0 radical (unpaired) electrons. The highest BCUT2D eigenvalue weighted by Gasteiger charge is 1.87. The topological polar surface area (TPSA) is 38.5 Å².